The van der Waals surface area contributed by atoms with E-state index in [1.165, 1.54) is 22.2 Å². The molecular formula is C21H24N2O4S. The first-order valence-electron chi connectivity index (χ1n) is 9.38. The molecule has 6 nitrogen and oxygen atoms in total. The molecule has 0 aliphatic heterocycles. The molecule has 0 aliphatic rings. The zero-order valence-corrected chi connectivity index (χ0v) is 17.3. The predicted octanol–water partition coefficient (Wildman–Crippen LogP) is 4.43. The molecule has 7 heteroatoms. The molecule has 2 aromatic heterocycles. The highest BCUT2D eigenvalue weighted by Crippen LogP contribution is 2.32. The van der Waals surface area contributed by atoms with Crippen LogP contribution in [-0.4, -0.2) is 28.2 Å². The number of fused-ring (bicyclic) bond motifs is 1. The monoisotopic (exact) mass is 400 g/mol. The van der Waals surface area contributed by atoms with Crippen LogP contribution in [-0.2, 0) is 9.53 Å². The van der Waals surface area contributed by atoms with Crippen LogP contribution < -0.4 is 10.3 Å². The topological polar surface area (TPSA) is 70.4 Å². The highest BCUT2D eigenvalue weighted by Gasteiger charge is 2.22. The molecular weight excluding hydrogens is 376 g/mol. The summed E-state index contributed by atoms with van der Waals surface area (Å²) in [6.07, 6.45) is 1.95. The molecule has 0 aliphatic carbocycles. The van der Waals surface area contributed by atoms with Crippen molar-refractivity contribution in [1.29, 1.82) is 0 Å². The van der Waals surface area contributed by atoms with E-state index in [0.717, 1.165) is 23.3 Å². The minimum atomic E-state index is -0.744. The Morgan fingerprint density at radius 2 is 1.93 bits per heavy atom. The van der Waals surface area contributed by atoms with Gasteiger partial charge in [-0.15, -0.1) is 11.3 Å². The summed E-state index contributed by atoms with van der Waals surface area (Å²) in [5, 5.41) is 2.43. The Balaban J connectivity index is 2.00. The molecule has 0 spiro atoms. The van der Waals surface area contributed by atoms with Gasteiger partial charge in [-0.3, -0.25) is 9.36 Å². The van der Waals surface area contributed by atoms with Gasteiger partial charge in [0.15, 0.2) is 0 Å². The molecule has 0 saturated heterocycles. The summed E-state index contributed by atoms with van der Waals surface area (Å²) in [5.41, 5.74) is 1.46. The second-order valence-corrected chi connectivity index (χ2v) is 7.43. The molecule has 148 valence electrons. The normalized spacial score (nSPS) is 13.3. The van der Waals surface area contributed by atoms with Gasteiger partial charge in [0.1, 0.15) is 16.6 Å². The number of hydrogen-bond donors (Lipinski definition) is 0. The van der Waals surface area contributed by atoms with Gasteiger partial charge >= 0.3 is 5.97 Å². The largest absolute Gasteiger partial charge is 0.494 e. The maximum Gasteiger partial charge on any atom is 0.329 e. The van der Waals surface area contributed by atoms with Gasteiger partial charge in [-0.05, 0) is 44.9 Å². The van der Waals surface area contributed by atoms with Crippen molar-refractivity contribution in [2.75, 3.05) is 6.61 Å². The zero-order valence-electron chi connectivity index (χ0n) is 16.5. The summed E-state index contributed by atoms with van der Waals surface area (Å²) >= 11 is 1.41. The van der Waals surface area contributed by atoms with Gasteiger partial charge in [-0.25, -0.2) is 9.78 Å². The molecule has 0 bridgehead atoms. The molecule has 2 atom stereocenters. The van der Waals surface area contributed by atoms with E-state index in [4.69, 9.17) is 9.47 Å². The Labute approximate surface area is 167 Å². The van der Waals surface area contributed by atoms with Gasteiger partial charge in [-0.2, -0.15) is 0 Å². The number of benzene rings is 1. The summed E-state index contributed by atoms with van der Waals surface area (Å²) in [4.78, 5) is 30.6. The first-order chi connectivity index (χ1) is 13.5. The molecule has 0 saturated carbocycles. The fourth-order valence-electron chi connectivity index (χ4n) is 2.82. The molecule has 2 heterocycles. The Morgan fingerprint density at radius 3 is 2.57 bits per heavy atom. The summed E-state index contributed by atoms with van der Waals surface area (Å²) in [6, 6.07) is 6.85. The number of carbonyl (C=O) groups is 1. The lowest BCUT2D eigenvalue weighted by atomic mass is 10.1. The van der Waals surface area contributed by atoms with E-state index in [-0.39, 0.29) is 11.7 Å². The van der Waals surface area contributed by atoms with Crippen LogP contribution in [0.25, 0.3) is 21.3 Å². The highest BCUT2D eigenvalue weighted by atomic mass is 32.1. The van der Waals surface area contributed by atoms with Crippen molar-refractivity contribution in [1.82, 2.24) is 9.55 Å². The molecule has 0 fully saturated rings. The van der Waals surface area contributed by atoms with E-state index in [0.29, 0.717) is 16.8 Å². The first-order valence-corrected chi connectivity index (χ1v) is 10.3. The summed E-state index contributed by atoms with van der Waals surface area (Å²) in [5.74, 6) is 0.346. The molecule has 0 unspecified atom stereocenters. The van der Waals surface area contributed by atoms with Crippen LogP contribution >= 0.6 is 11.3 Å². The van der Waals surface area contributed by atoms with E-state index in [2.05, 4.69) is 4.98 Å². The number of nitrogens with zero attached hydrogens (tertiary/aromatic N) is 2. The van der Waals surface area contributed by atoms with E-state index in [9.17, 15) is 9.59 Å². The molecule has 3 aromatic rings. The van der Waals surface area contributed by atoms with Crippen LogP contribution in [0, 0.1) is 0 Å². The van der Waals surface area contributed by atoms with Crippen LogP contribution in [0.1, 0.15) is 40.2 Å². The number of carbonyl (C=O) groups excluding carboxylic acids is 1. The van der Waals surface area contributed by atoms with Gasteiger partial charge in [-0.1, -0.05) is 19.1 Å². The average molecular weight is 401 g/mol. The van der Waals surface area contributed by atoms with Crippen molar-refractivity contribution in [2.24, 2.45) is 0 Å². The van der Waals surface area contributed by atoms with Gasteiger partial charge in [0.25, 0.3) is 5.56 Å². The minimum Gasteiger partial charge on any atom is -0.494 e. The van der Waals surface area contributed by atoms with E-state index in [1.807, 2.05) is 50.4 Å². The number of hydrogen-bond acceptors (Lipinski definition) is 6. The van der Waals surface area contributed by atoms with Crippen LogP contribution in [0.15, 0.2) is 40.8 Å². The number of rotatable bonds is 7. The van der Waals surface area contributed by atoms with Crippen molar-refractivity contribution in [3.8, 4) is 16.9 Å². The van der Waals surface area contributed by atoms with Gasteiger partial charge in [0, 0.05) is 10.9 Å². The van der Waals surface area contributed by atoms with Crippen LogP contribution in [0.2, 0.25) is 0 Å². The van der Waals surface area contributed by atoms with Crippen molar-refractivity contribution >= 4 is 27.5 Å². The quantitative estimate of drug-likeness (QED) is 0.549. The lowest BCUT2D eigenvalue weighted by molar-refractivity contribution is -0.152. The summed E-state index contributed by atoms with van der Waals surface area (Å²) in [7, 11) is 0. The summed E-state index contributed by atoms with van der Waals surface area (Å²) < 4.78 is 12.2. The number of esters is 1. The second-order valence-electron chi connectivity index (χ2n) is 6.58. The fraction of sp³-hybridized carbons (Fsp3) is 0.381. The Morgan fingerprint density at radius 1 is 1.21 bits per heavy atom. The summed E-state index contributed by atoms with van der Waals surface area (Å²) in [6.45, 7) is 7.96. The highest BCUT2D eigenvalue weighted by molar-refractivity contribution is 7.17. The molecule has 0 radical (unpaired) electrons. The first kappa shape index (κ1) is 20.1. The smallest absolute Gasteiger partial charge is 0.329 e. The van der Waals surface area contributed by atoms with Gasteiger partial charge in [0.05, 0.1) is 24.4 Å². The predicted molar refractivity (Wildman–Crippen MR) is 111 cm³/mol. The zero-order chi connectivity index (χ0) is 20.3. The van der Waals surface area contributed by atoms with Gasteiger partial charge < -0.3 is 9.47 Å². The lowest BCUT2D eigenvalue weighted by Crippen LogP contribution is -2.31. The maximum absolute atomic E-state index is 13.2. The molecule has 3 rings (SSSR count). The maximum atomic E-state index is 13.2. The van der Waals surface area contributed by atoms with Crippen LogP contribution in [0.5, 0.6) is 5.75 Å². The van der Waals surface area contributed by atoms with E-state index in [1.54, 1.807) is 6.92 Å². The Hall–Kier alpha value is -2.67. The lowest BCUT2D eigenvalue weighted by Gasteiger charge is -2.17. The molecule has 28 heavy (non-hydrogen) atoms. The average Bonchev–Trinajstić information content (AvgIpc) is 3.13. The standard InChI is InChI=1S/C21H24N2O4S/c1-5-13(3)27-21(25)14(4)23-12-22-19-18(20(23)24)17(11-28-19)15-7-9-16(10-8-15)26-6-2/h7-14H,5-6H2,1-4H3/t13-,14+/m1/s1. The van der Waals surface area contributed by atoms with Crippen molar-refractivity contribution < 1.29 is 14.3 Å². The van der Waals surface area contributed by atoms with Gasteiger partial charge in [0.2, 0.25) is 0 Å². The van der Waals surface area contributed by atoms with Crippen molar-refractivity contribution in [2.45, 2.75) is 46.3 Å². The van der Waals surface area contributed by atoms with Crippen molar-refractivity contribution in [3.63, 3.8) is 0 Å². The van der Waals surface area contributed by atoms with Crippen LogP contribution in [0.3, 0.4) is 0 Å². The molecule has 0 N–H and O–H groups in total. The van der Waals surface area contributed by atoms with E-state index < -0.39 is 12.0 Å². The SMILES string of the molecule is CCOc1ccc(-c2csc3ncn([C@@H](C)C(=O)O[C@H](C)CC)c(=O)c23)cc1. The number of ether oxygens (including phenoxy) is 2. The van der Waals surface area contributed by atoms with Crippen LogP contribution in [0.4, 0.5) is 0 Å². The third kappa shape index (κ3) is 3.94. The number of thiophene rings is 1. The third-order valence-electron chi connectivity index (χ3n) is 4.65. The van der Waals surface area contributed by atoms with Crippen molar-refractivity contribution in [3.05, 3.63) is 46.3 Å². The molecule has 0 amide bonds. The van der Waals surface area contributed by atoms with E-state index >= 15 is 0 Å². The fourth-order valence-corrected chi connectivity index (χ4v) is 3.73. The second kappa shape index (κ2) is 8.56. The molecule has 1 aromatic carbocycles. The Kier molecular flexibility index (Phi) is 6.14. The minimum absolute atomic E-state index is 0.192. The number of aromatic nitrogens is 2. The third-order valence-corrected chi connectivity index (χ3v) is 5.53. The Bertz CT molecular complexity index is 1020.